The van der Waals surface area contributed by atoms with E-state index in [0.717, 1.165) is 43.6 Å². The Hall–Kier alpha value is -2.10. The van der Waals surface area contributed by atoms with E-state index in [9.17, 15) is 14.7 Å². The highest BCUT2D eigenvalue weighted by molar-refractivity contribution is 6.09. The lowest BCUT2D eigenvalue weighted by Gasteiger charge is -2.32. The standard InChI is InChI=1S/C26H34O4/c1-2-18(14-13-17-9-5-3-6-10-17)25-24(28)23(27)22(26(29)30-25)21(20-15-16-20)19-11-7-4-8-12-19/h4,7-8,11-12,17-18,20-21,25,27H,2-3,5-6,9-10,13-16H2,1H3. The van der Waals surface area contributed by atoms with Crippen molar-refractivity contribution >= 4 is 11.8 Å². The van der Waals surface area contributed by atoms with Gasteiger partial charge in [-0.15, -0.1) is 0 Å². The van der Waals surface area contributed by atoms with Gasteiger partial charge in [0.15, 0.2) is 11.9 Å². The minimum Gasteiger partial charge on any atom is -0.504 e. The van der Waals surface area contributed by atoms with Crippen molar-refractivity contribution in [3.05, 3.63) is 47.2 Å². The Morgan fingerprint density at radius 1 is 1.03 bits per heavy atom. The fourth-order valence-corrected chi connectivity index (χ4v) is 5.44. The molecule has 3 unspecified atom stereocenters. The van der Waals surface area contributed by atoms with E-state index in [4.69, 9.17) is 4.74 Å². The number of hydrogen-bond acceptors (Lipinski definition) is 4. The fraction of sp³-hybridized carbons (Fsp3) is 0.615. The van der Waals surface area contributed by atoms with Crippen LogP contribution in [0.1, 0.15) is 82.6 Å². The van der Waals surface area contributed by atoms with Crippen LogP contribution in [-0.4, -0.2) is 23.0 Å². The van der Waals surface area contributed by atoms with Gasteiger partial charge in [-0.25, -0.2) is 4.79 Å². The molecule has 162 valence electrons. The summed E-state index contributed by atoms with van der Waals surface area (Å²) in [6, 6.07) is 9.72. The molecule has 1 heterocycles. The Kier molecular flexibility index (Phi) is 6.60. The Morgan fingerprint density at radius 2 is 1.73 bits per heavy atom. The van der Waals surface area contributed by atoms with Crippen LogP contribution >= 0.6 is 0 Å². The monoisotopic (exact) mass is 410 g/mol. The number of esters is 1. The van der Waals surface area contributed by atoms with Gasteiger partial charge in [-0.3, -0.25) is 4.79 Å². The summed E-state index contributed by atoms with van der Waals surface area (Å²) in [4.78, 5) is 26.2. The smallest absolute Gasteiger partial charge is 0.339 e. The predicted molar refractivity (Wildman–Crippen MR) is 116 cm³/mol. The summed E-state index contributed by atoms with van der Waals surface area (Å²) < 4.78 is 5.75. The molecule has 0 saturated heterocycles. The first-order valence-corrected chi connectivity index (χ1v) is 11.8. The highest BCUT2D eigenvalue weighted by Gasteiger charge is 2.47. The summed E-state index contributed by atoms with van der Waals surface area (Å²) >= 11 is 0. The molecule has 0 bridgehead atoms. The lowest BCUT2D eigenvalue weighted by molar-refractivity contribution is -0.158. The molecule has 4 nitrogen and oxygen atoms in total. The second-order valence-corrected chi connectivity index (χ2v) is 9.43. The van der Waals surface area contributed by atoms with Crippen molar-refractivity contribution in [2.45, 2.75) is 83.2 Å². The van der Waals surface area contributed by atoms with E-state index in [2.05, 4.69) is 0 Å². The highest BCUT2D eigenvalue weighted by atomic mass is 16.6. The lowest BCUT2D eigenvalue weighted by Crippen LogP contribution is -2.42. The van der Waals surface area contributed by atoms with Crippen molar-refractivity contribution < 1.29 is 19.4 Å². The molecule has 3 aliphatic rings. The van der Waals surface area contributed by atoms with E-state index in [1.54, 1.807) is 0 Å². The number of ketones is 1. The Labute approximate surface area is 179 Å². The number of cyclic esters (lactones) is 1. The molecule has 1 aliphatic heterocycles. The number of aliphatic hydroxyl groups is 1. The number of carbonyl (C=O) groups is 2. The third-order valence-electron chi connectivity index (χ3n) is 7.39. The van der Waals surface area contributed by atoms with Crippen LogP contribution in [0.5, 0.6) is 0 Å². The van der Waals surface area contributed by atoms with E-state index < -0.39 is 17.9 Å². The lowest BCUT2D eigenvalue weighted by atomic mass is 9.79. The zero-order chi connectivity index (χ0) is 21.1. The predicted octanol–water partition coefficient (Wildman–Crippen LogP) is 5.87. The number of carbonyl (C=O) groups excluding carboxylic acids is 2. The van der Waals surface area contributed by atoms with Gasteiger partial charge in [0.1, 0.15) is 0 Å². The molecule has 0 radical (unpaired) electrons. The summed E-state index contributed by atoms with van der Waals surface area (Å²) in [5.41, 5.74) is 1.14. The molecule has 1 aromatic rings. The average Bonchev–Trinajstić information content (AvgIpc) is 3.61. The average molecular weight is 411 g/mol. The Balaban J connectivity index is 1.52. The molecule has 0 amide bonds. The summed E-state index contributed by atoms with van der Waals surface area (Å²) in [5, 5.41) is 10.9. The van der Waals surface area contributed by atoms with Crippen molar-refractivity contribution in [1.82, 2.24) is 0 Å². The molecule has 0 aromatic heterocycles. The number of hydrogen-bond donors (Lipinski definition) is 1. The molecular weight excluding hydrogens is 376 g/mol. The second-order valence-electron chi connectivity index (χ2n) is 9.43. The summed E-state index contributed by atoms with van der Waals surface area (Å²) in [5.74, 6) is -0.535. The molecule has 1 N–H and O–H groups in total. The number of rotatable bonds is 8. The molecule has 0 spiro atoms. The van der Waals surface area contributed by atoms with Gasteiger partial charge in [0, 0.05) is 11.8 Å². The maximum absolute atomic E-state index is 13.1. The van der Waals surface area contributed by atoms with Gasteiger partial charge in [0.2, 0.25) is 5.78 Å². The van der Waals surface area contributed by atoms with Crippen molar-refractivity contribution in [2.24, 2.45) is 17.8 Å². The van der Waals surface area contributed by atoms with Gasteiger partial charge in [-0.05, 0) is 43.1 Å². The Bertz CT molecular complexity index is 787. The van der Waals surface area contributed by atoms with Gasteiger partial charge in [0.25, 0.3) is 0 Å². The van der Waals surface area contributed by atoms with E-state index >= 15 is 0 Å². The maximum Gasteiger partial charge on any atom is 0.339 e. The molecule has 4 heteroatoms. The minimum absolute atomic E-state index is 0.0248. The van der Waals surface area contributed by atoms with E-state index in [1.807, 2.05) is 37.3 Å². The van der Waals surface area contributed by atoms with E-state index in [0.29, 0.717) is 0 Å². The normalized spacial score (nSPS) is 25.2. The molecule has 2 saturated carbocycles. The van der Waals surface area contributed by atoms with Gasteiger partial charge in [0.05, 0.1) is 5.57 Å². The first kappa shape index (κ1) is 21.1. The summed E-state index contributed by atoms with van der Waals surface area (Å²) in [6.07, 6.45) is 10.3. The van der Waals surface area contributed by atoms with Gasteiger partial charge >= 0.3 is 5.97 Å². The van der Waals surface area contributed by atoms with Crippen molar-refractivity contribution in [1.29, 1.82) is 0 Å². The maximum atomic E-state index is 13.1. The van der Waals surface area contributed by atoms with Crippen LogP contribution in [0.3, 0.4) is 0 Å². The molecule has 3 atom stereocenters. The Morgan fingerprint density at radius 3 is 2.37 bits per heavy atom. The SMILES string of the molecule is CCC(CCC1CCCCC1)C1OC(=O)C(C(c2ccccc2)C2CC2)=C(O)C1=O. The van der Waals surface area contributed by atoms with Gasteiger partial charge in [-0.1, -0.05) is 75.8 Å². The first-order valence-electron chi connectivity index (χ1n) is 11.8. The quantitative estimate of drug-likeness (QED) is 0.544. The third kappa shape index (κ3) is 4.48. The van der Waals surface area contributed by atoms with Crippen LogP contribution in [0, 0.1) is 17.8 Å². The van der Waals surface area contributed by atoms with E-state index in [-0.39, 0.29) is 29.1 Å². The second kappa shape index (κ2) is 9.36. The highest BCUT2D eigenvalue weighted by Crippen LogP contribution is 2.48. The van der Waals surface area contributed by atoms with Crippen LogP contribution in [0.25, 0.3) is 0 Å². The van der Waals surface area contributed by atoms with Crippen molar-refractivity contribution in [3.8, 4) is 0 Å². The van der Waals surface area contributed by atoms with Crippen LogP contribution in [0.4, 0.5) is 0 Å². The molecule has 2 aliphatic carbocycles. The molecular formula is C26H34O4. The van der Waals surface area contributed by atoms with Crippen LogP contribution < -0.4 is 0 Å². The molecule has 30 heavy (non-hydrogen) atoms. The summed E-state index contributed by atoms with van der Waals surface area (Å²) in [6.45, 7) is 2.04. The van der Waals surface area contributed by atoms with E-state index in [1.165, 1.54) is 32.1 Å². The molecule has 4 rings (SSSR count). The largest absolute Gasteiger partial charge is 0.504 e. The van der Waals surface area contributed by atoms with Crippen LogP contribution in [0.15, 0.2) is 41.7 Å². The molecule has 2 fully saturated rings. The number of benzene rings is 1. The van der Waals surface area contributed by atoms with Gasteiger partial charge < -0.3 is 9.84 Å². The zero-order valence-corrected chi connectivity index (χ0v) is 18.0. The zero-order valence-electron chi connectivity index (χ0n) is 18.0. The first-order chi connectivity index (χ1) is 14.6. The minimum atomic E-state index is -0.842. The number of Topliss-reactive ketones (excluding diaryl/α,β-unsaturated/α-hetero) is 1. The number of aliphatic hydroxyl groups excluding tert-OH is 1. The fourth-order valence-electron chi connectivity index (χ4n) is 5.44. The summed E-state index contributed by atoms with van der Waals surface area (Å²) in [7, 11) is 0. The van der Waals surface area contributed by atoms with Crippen LogP contribution in [-0.2, 0) is 14.3 Å². The molecule has 1 aromatic carbocycles. The third-order valence-corrected chi connectivity index (χ3v) is 7.39. The van der Waals surface area contributed by atoms with Gasteiger partial charge in [-0.2, -0.15) is 0 Å². The van der Waals surface area contributed by atoms with Crippen LogP contribution in [0.2, 0.25) is 0 Å². The number of ether oxygens (including phenoxy) is 1. The van der Waals surface area contributed by atoms with Crippen molar-refractivity contribution in [3.63, 3.8) is 0 Å². The van der Waals surface area contributed by atoms with Crippen molar-refractivity contribution in [2.75, 3.05) is 0 Å². The topological polar surface area (TPSA) is 63.6 Å².